The van der Waals surface area contributed by atoms with E-state index in [1.54, 1.807) is 7.05 Å². The molecule has 2 heterocycles. The lowest BCUT2D eigenvalue weighted by molar-refractivity contribution is -0.131. The molecule has 0 bridgehead atoms. The van der Waals surface area contributed by atoms with Crippen LogP contribution in [-0.2, 0) is 20.9 Å². The van der Waals surface area contributed by atoms with E-state index in [-0.39, 0.29) is 35.9 Å². The molecule has 2 N–H and O–H groups in total. The number of hydrogen-bond donors (Lipinski definition) is 2. The standard InChI is InChI=1S/C19H25N5O4S/c1-13-5-7-14(8-6-13)20-16(25)11-23(2)17(26)12-29-19-22-21-18(27)24(19)10-15-4-3-9-28-15/h5-8,15H,3-4,9-12H2,1-2H3,(H,20,25)(H,21,27). The highest BCUT2D eigenvalue weighted by Crippen LogP contribution is 2.18. The lowest BCUT2D eigenvalue weighted by atomic mass is 10.2. The molecule has 1 aliphatic rings. The number of likely N-dealkylation sites (N-methyl/N-ethyl adjacent to an activating group) is 1. The molecule has 1 atom stereocenters. The van der Waals surface area contributed by atoms with Gasteiger partial charge >= 0.3 is 5.69 Å². The Kier molecular flexibility index (Phi) is 7.10. The Balaban J connectivity index is 1.49. The lowest BCUT2D eigenvalue weighted by Crippen LogP contribution is -2.36. The molecule has 1 aromatic heterocycles. The lowest BCUT2D eigenvalue weighted by Gasteiger charge is -2.17. The summed E-state index contributed by atoms with van der Waals surface area (Å²) in [4.78, 5) is 37.9. The number of thioether (sulfide) groups is 1. The Bertz CT molecular complexity index is 902. The van der Waals surface area contributed by atoms with Crippen LogP contribution >= 0.6 is 11.8 Å². The number of ether oxygens (including phenoxy) is 1. The van der Waals surface area contributed by atoms with Crippen LogP contribution in [0.4, 0.5) is 5.69 Å². The van der Waals surface area contributed by atoms with E-state index in [4.69, 9.17) is 4.74 Å². The predicted molar refractivity (Wildman–Crippen MR) is 110 cm³/mol. The van der Waals surface area contributed by atoms with Crippen LogP contribution in [0, 0.1) is 6.92 Å². The number of hydrogen-bond acceptors (Lipinski definition) is 6. The number of rotatable bonds is 8. The van der Waals surface area contributed by atoms with Gasteiger partial charge in [0, 0.05) is 19.3 Å². The first-order valence-electron chi connectivity index (χ1n) is 9.42. The van der Waals surface area contributed by atoms with Crippen LogP contribution in [0.15, 0.2) is 34.2 Å². The molecular weight excluding hydrogens is 394 g/mol. The van der Waals surface area contributed by atoms with Gasteiger partial charge in [0.1, 0.15) is 0 Å². The van der Waals surface area contributed by atoms with E-state index in [9.17, 15) is 14.4 Å². The number of nitrogens with zero attached hydrogens (tertiary/aromatic N) is 3. The van der Waals surface area contributed by atoms with Crippen molar-refractivity contribution in [3.05, 3.63) is 40.3 Å². The van der Waals surface area contributed by atoms with Crippen LogP contribution in [0.2, 0.25) is 0 Å². The van der Waals surface area contributed by atoms with Gasteiger partial charge in [0.15, 0.2) is 5.16 Å². The molecule has 10 heteroatoms. The van der Waals surface area contributed by atoms with Gasteiger partial charge in [-0.1, -0.05) is 29.5 Å². The van der Waals surface area contributed by atoms with Gasteiger partial charge in [-0.2, -0.15) is 0 Å². The van der Waals surface area contributed by atoms with Crippen molar-refractivity contribution in [2.75, 3.05) is 31.3 Å². The molecule has 2 aromatic rings. The summed E-state index contributed by atoms with van der Waals surface area (Å²) in [7, 11) is 1.57. The van der Waals surface area contributed by atoms with Crippen molar-refractivity contribution in [2.24, 2.45) is 0 Å². The highest BCUT2D eigenvalue weighted by molar-refractivity contribution is 7.99. The Hall–Kier alpha value is -2.59. The predicted octanol–water partition coefficient (Wildman–Crippen LogP) is 1.25. The van der Waals surface area contributed by atoms with E-state index in [1.165, 1.54) is 9.47 Å². The molecule has 0 spiro atoms. The molecule has 0 radical (unpaired) electrons. The Morgan fingerprint density at radius 1 is 1.38 bits per heavy atom. The number of anilines is 1. The zero-order valence-corrected chi connectivity index (χ0v) is 17.3. The van der Waals surface area contributed by atoms with Gasteiger partial charge in [-0.3, -0.25) is 14.2 Å². The third kappa shape index (κ3) is 5.94. The van der Waals surface area contributed by atoms with Gasteiger partial charge in [0.2, 0.25) is 11.8 Å². The van der Waals surface area contributed by atoms with Crippen LogP contribution in [-0.4, -0.2) is 63.5 Å². The zero-order chi connectivity index (χ0) is 20.8. The SMILES string of the molecule is Cc1ccc(NC(=O)CN(C)C(=O)CSc2n[nH]c(=O)n2CC2CCCO2)cc1. The number of H-pyrrole nitrogens is 1. The van der Waals surface area contributed by atoms with Crippen molar-refractivity contribution in [1.29, 1.82) is 0 Å². The van der Waals surface area contributed by atoms with Crippen molar-refractivity contribution < 1.29 is 14.3 Å². The first-order valence-corrected chi connectivity index (χ1v) is 10.4. The van der Waals surface area contributed by atoms with Gasteiger partial charge in [-0.15, -0.1) is 5.10 Å². The second-order valence-electron chi connectivity index (χ2n) is 7.01. The maximum Gasteiger partial charge on any atom is 0.344 e. The second-order valence-corrected chi connectivity index (χ2v) is 7.95. The number of aromatic amines is 1. The fourth-order valence-corrected chi connectivity index (χ4v) is 3.84. The van der Waals surface area contributed by atoms with E-state index < -0.39 is 0 Å². The fourth-order valence-electron chi connectivity index (χ4n) is 2.94. The summed E-state index contributed by atoms with van der Waals surface area (Å²) < 4.78 is 7.07. The fraction of sp³-hybridized carbons (Fsp3) is 0.474. The molecule has 1 unspecified atom stereocenters. The highest BCUT2D eigenvalue weighted by Gasteiger charge is 2.21. The van der Waals surface area contributed by atoms with Crippen LogP contribution < -0.4 is 11.0 Å². The summed E-state index contributed by atoms with van der Waals surface area (Å²) in [5.41, 5.74) is 1.47. The Morgan fingerprint density at radius 2 is 2.14 bits per heavy atom. The molecule has 9 nitrogen and oxygen atoms in total. The molecule has 1 saturated heterocycles. The van der Waals surface area contributed by atoms with Crippen LogP contribution in [0.1, 0.15) is 18.4 Å². The van der Waals surface area contributed by atoms with E-state index in [0.29, 0.717) is 24.0 Å². The summed E-state index contributed by atoms with van der Waals surface area (Å²) in [6, 6.07) is 7.44. The van der Waals surface area contributed by atoms with Crippen molar-refractivity contribution >= 4 is 29.3 Å². The number of carbonyl (C=O) groups excluding carboxylic acids is 2. The largest absolute Gasteiger partial charge is 0.376 e. The quantitative estimate of drug-likeness (QED) is 0.623. The summed E-state index contributed by atoms with van der Waals surface area (Å²) >= 11 is 1.16. The summed E-state index contributed by atoms with van der Waals surface area (Å²) in [6.45, 7) is 3.03. The minimum Gasteiger partial charge on any atom is -0.376 e. The topological polar surface area (TPSA) is 109 Å². The molecule has 29 heavy (non-hydrogen) atoms. The second kappa shape index (κ2) is 9.75. The average molecular weight is 420 g/mol. The molecule has 2 amide bonds. The van der Waals surface area contributed by atoms with Gasteiger partial charge in [0.05, 0.1) is 24.9 Å². The monoisotopic (exact) mass is 419 g/mol. The normalized spacial score (nSPS) is 16.0. The van der Waals surface area contributed by atoms with Crippen molar-refractivity contribution in [1.82, 2.24) is 19.7 Å². The van der Waals surface area contributed by atoms with Crippen molar-refractivity contribution in [3.63, 3.8) is 0 Å². The summed E-state index contributed by atoms with van der Waals surface area (Å²) in [5.74, 6) is -0.428. The van der Waals surface area contributed by atoms with Crippen LogP contribution in [0.25, 0.3) is 0 Å². The third-order valence-electron chi connectivity index (χ3n) is 4.60. The van der Waals surface area contributed by atoms with E-state index in [0.717, 1.165) is 30.2 Å². The van der Waals surface area contributed by atoms with Gasteiger partial charge < -0.3 is 15.0 Å². The van der Waals surface area contributed by atoms with Crippen LogP contribution in [0.3, 0.4) is 0 Å². The minimum absolute atomic E-state index is 0.00602. The Morgan fingerprint density at radius 3 is 2.83 bits per heavy atom. The zero-order valence-electron chi connectivity index (χ0n) is 16.5. The maximum atomic E-state index is 12.4. The molecule has 1 fully saturated rings. The molecule has 156 valence electrons. The van der Waals surface area contributed by atoms with Crippen LogP contribution in [0.5, 0.6) is 0 Å². The number of aromatic nitrogens is 3. The average Bonchev–Trinajstić information content (AvgIpc) is 3.32. The maximum absolute atomic E-state index is 12.4. The molecule has 3 rings (SSSR count). The molecule has 1 aromatic carbocycles. The number of nitrogens with one attached hydrogen (secondary N) is 2. The summed E-state index contributed by atoms with van der Waals surface area (Å²) in [6.07, 6.45) is 1.88. The number of aryl methyl sites for hydroxylation is 1. The molecule has 1 aliphatic heterocycles. The minimum atomic E-state index is -0.318. The highest BCUT2D eigenvalue weighted by atomic mass is 32.2. The molecular formula is C19H25N5O4S. The van der Waals surface area contributed by atoms with Crippen molar-refractivity contribution in [2.45, 2.75) is 37.6 Å². The number of carbonyl (C=O) groups is 2. The van der Waals surface area contributed by atoms with E-state index in [2.05, 4.69) is 15.5 Å². The molecule has 0 saturated carbocycles. The van der Waals surface area contributed by atoms with E-state index in [1.807, 2.05) is 31.2 Å². The number of amides is 2. The van der Waals surface area contributed by atoms with E-state index >= 15 is 0 Å². The third-order valence-corrected chi connectivity index (χ3v) is 5.56. The smallest absolute Gasteiger partial charge is 0.344 e. The van der Waals surface area contributed by atoms with Gasteiger partial charge in [-0.05, 0) is 31.9 Å². The number of benzene rings is 1. The summed E-state index contributed by atoms with van der Waals surface area (Å²) in [5, 5.41) is 9.62. The van der Waals surface area contributed by atoms with Crippen molar-refractivity contribution in [3.8, 4) is 0 Å². The first kappa shape index (κ1) is 21.1. The van der Waals surface area contributed by atoms with Gasteiger partial charge in [-0.25, -0.2) is 9.89 Å². The van der Waals surface area contributed by atoms with Gasteiger partial charge in [0.25, 0.3) is 0 Å². The molecule has 0 aliphatic carbocycles. The Labute approximate surface area is 172 Å². The first-order chi connectivity index (χ1) is 13.9.